The number of nitrogens with zero attached hydrogens (tertiary/aromatic N) is 1. The quantitative estimate of drug-likeness (QED) is 0.862. The fraction of sp³-hybridized carbons (Fsp3) is 0.647. The summed E-state index contributed by atoms with van der Waals surface area (Å²) in [6.07, 6.45) is 2.65. The van der Waals surface area contributed by atoms with Crippen LogP contribution in [-0.2, 0) is 0 Å². The number of anilines is 1. The van der Waals surface area contributed by atoms with Crippen molar-refractivity contribution >= 4 is 21.6 Å². The molecule has 1 saturated heterocycles. The summed E-state index contributed by atoms with van der Waals surface area (Å²) in [4.78, 5) is 2.53. The molecule has 1 unspecified atom stereocenters. The zero-order chi connectivity index (χ0) is 14.7. The van der Waals surface area contributed by atoms with E-state index in [1.807, 2.05) is 7.05 Å². The van der Waals surface area contributed by atoms with Crippen molar-refractivity contribution in [3.63, 3.8) is 0 Å². The molecule has 3 heteroatoms. The number of hydrogen-bond acceptors (Lipinski definition) is 2. The third-order valence-electron chi connectivity index (χ3n) is 4.73. The van der Waals surface area contributed by atoms with E-state index >= 15 is 0 Å². The van der Waals surface area contributed by atoms with Crippen LogP contribution < -0.4 is 10.2 Å². The summed E-state index contributed by atoms with van der Waals surface area (Å²) in [6.45, 7) is 9.27. The first-order valence-electron chi connectivity index (χ1n) is 7.74. The van der Waals surface area contributed by atoms with Crippen LogP contribution in [0.4, 0.5) is 5.69 Å². The molecule has 1 aromatic rings. The van der Waals surface area contributed by atoms with Crippen molar-refractivity contribution < 1.29 is 0 Å². The molecule has 0 amide bonds. The largest absolute Gasteiger partial charge is 0.371 e. The van der Waals surface area contributed by atoms with Crippen LogP contribution in [0.25, 0.3) is 0 Å². The Morgan fingerprint density at radius 3 is 2.35 bits per heavy atom. The Morgan fingerprint density at radius 1 is 1.20 bits per heavy atom. The first kappa shape index (κ1) is 15.8. The Labute approximate surface area is 132 Å². The molecule has 112 valence electrons. The summed E-state index contributed by atoms with van der Waals surface area (Å²) in [7, 11) is 2.00. The van der Waals surface area contributed by atoms with Gasteiger partial charge in [-0.05, 0) is 56.3 Å². The lowest BCUT2D eigenvalue weighted by molar-refractivity contribution is 0.311. The molecule has 0 radical (unpaired) electrons. The van der Waals surface area contributed by atoms with Gasteiger partial charge < -0.3 is 10.2 Å². The minimum Gasteiger partial charge on any atom is -0.371 e. The zero-order valence-electron chi connectivity index (χ0n) is 13.1. The molecule has 2 nitrogen and oxygen atoms in total. The number of rotatable bonds is 4. The van der Waals surface area contributed by atoms with E-state index in [2.05, 4.69) is 65.1 Å². The van der Waals surface area contributed by atoms with Gasteiger partial charge in [-0.25, -0.2) is 0 Å². The van der Waals surface area contributed by atoms with Crippen molar-refractivity contribution in [2.45, 2.75) is 39.7 Å². The van der Waals surface area contributed by atoms with Gasteiger partial charge in [0.2, 0.25) is 0 Å². The van der Waals surface area contributed by atoms with Crippen LogP contribution in [0.1, 0.15) is 45.2 Å². The highest BCUT2D eigenvalue weighted by atomic mass is 79.9. The van der Waals surface area contributed by atoms with Gasteiger partial charge in [-0.1, -0.05) is 35.8 Å². The molecule has 0 aliphatic carbocycles. The van der Waals surface area contributed by atoms with Crippen molar-refractivity contribution in [2.24, 2.45) is 11.8 Å². The fourth-order valence-electron chi connectivity index (χ4n) is 3.04. The van der Waals surface area contributed by atoms with Gasteiger partial charge in [-0.2, -0.15) is 0 Å². The SMILES string of the molecule is CNC(C)c1ccc(N2CCC(C(C)C)CC2)cc1Br. The summed E-state index contributed by atoms with van der Waals surface area (Å²) in [6, 6.07) is 7.17. The van der Waals surface area contributed by atoms with E-state index in [0.29, 0.717) is 6.04 Å². The highest BCUT2D eigenvalue weighted by Crippen LogP contribution is 2.31. The minimum atomic E-state index is 0.380. The lowest BCUT2D eigenvalue weighted by Gasteiger charge is -2.35. The molecule has 1 aliphatic heterocycles. The number of benzene rings is 1. The third kappa shape index (κ3) is 3.56. The number of halogens is 1. The summed E-state index contributed by atoms with van der Waals surface area (Å²) in [5.74, 6) is 1.72. The number of piperidine rings is 1. The van der Waals surface area contributed by atoms with Crippen molar-refractivity contribution in [3.05, 3.63) is 28.2 Å². The van der Waals surface area contributed by atoms with Crippen molar-refractivity contribution in [1.82, 2.24) is 5.32 Å². The van der Waals surface area contributed by atoms with Gasteiger partial charge in [0.05, 0.1) is 0 Å². The van der Waals surface area contributed by atoms with Crippen LogP contribution in [0.3, 0.4) is 0 Å². The molecule has 1 aliphatic rings. The van der Waals surface area contributed by atoms with E-state index in [9.17, 15) is 0 Å². The van der Waals surface area contributed by atoms with E-state index in [1.165, 1.54) is 41.7 Å². The maximum atomic E-state index is 3.72. The minimum absolute atomic E-state index is 0.380. The second-order valence-electron chi connectivity index (χ2n) is 6.28. The summed E-state index contributed by atoms with van der Waals surface area (Å²) < 4.78 is 1.21. The third-order valence-corrected chi connectivity index (χ3v) is 5.42. The fourth-order valence-corrected chi connectivity index (χ4v) is 3.75. The Balaban J connectivity index is 2.06. The maximum absolute atomic E-state index is 3.72. The first-order chi connectivity index (χ1) is 9.52. The molecule has 0 aromatic heterocycles. The molecule has 1 fully saturated rings. The van der Waals surface area contributed by atoms with Gasteiger partial charge in [0, 0.05) is 29.3 Å². The molecule has 1 atom stereocenters. The molecule has 0 saturated carbocycles. The zero-order valence-corrected chi connectivity index (χ0v) is 14.7. The van der Waals surface area contributed by atoms with Gasteiger partial charge in [-0.3, -0.25) is 0 Å². The van der Waals surface area contributed by atoms with Crippen LogP contribution in [-0.4, -0.2) is 20.1 Å². The molecule has 0 spiro atoms. The molecule has 20 heavy (non-hydrogen) atoms. The molecular formula is C17H27BrN2. The summed E-state index contributed by atoms with van der Waals surface area (Å²) >= 11 is 3.72. The summed E-state index contributed by atoms with van der Waals surface area (Å²) in [5, 5.41) is 3.30. The lowest BCUT2D eigenvalue weighted by Crippen LogP contribution is -2.35. The van der Waals surface area contributed by atoms with Crippen molar-refractivity contribution in [2.75, 3.05) is 25.0 Å². The van der Waals surface area contributed by atoms with Gasteiger partial charge in [-0.15, -0.1) is 0 Å². The molecule has 0 bridgehead atoms. The van der Waals surface area contributed by atoms with Crippen molar-refractivity contribution in [1.29, 1.82) is 0 Å². The average Bonchev–Trinajstić information content (AvgIpc) is 2.46. The Bertz CT molecular complexity index is 437. The highest BCUT2D eigenvalue weighted by Gasteiger charge is 2.22. The van der Waals surface area contributed by atoms with Crippen LogP contribution in [0.2, 0.25) is 0 Å². The van der Waals surface area contributed by atoms with Gasteiger partial charge in [0.25, 0.3) is 0 Å². The monoisotopic (exact) mass is 338 g/mol. The first-order valence-corrected chi connectivity index (χ1v) is 8.54. The average molecular weight is 339 g/mol. The molecule has 2 rings (SSSR count). The second kappa shape index (κ2) is 6.95. The Hall–Kier alpha value is -0.540. The number of nitrogens with one attached hydrogen (secondary N) is 1. The van der Waals surface area contributed by atoms with Crippen molar-refractivity contribution in [3.8, 4) is 0 Å². The Morgan fingerprint density at radius 2 is 1.85 bits per heavy atom. The van der Waals surface area contributed by atoms with Gasteiger partial charge in [0.15, 0.2) is 0 Å². The molecule has 1 heterocycles. The van der Waals surface area contributed by atoms with Crippen LogP contribution in [0, 0.1) is 11.8 Å². The highest BCUT2D eigenvalue weighted by molar-refractivity contribution is 9.10. The number of hydrogen-bond donors (Lipinski definition) is 1. The standard InChI is InChI=1S/C17H27BrN2/c1-12(2)14-7-9-20(10-8-14)15-5-6-16(13(3)19-4)17(18)11-15/h5-6,11-14,19H,7-10H2,1-4H3. The maximum Gasteiger partial charge on any atom is 0.0377 e. The smallest absolute Gasteiger partial charge is 0.0377 e. The normalized spacial score (nSPS) is 18.6. The van der Waals surface area contributed by atoms with Crippen LogP contribution in [0.5, 0.6) is 0 Å². The van der Waals surface area contributed by atoms with Gasteiger partial charge >= 0.3 is 0 Å². The predicted molar refractivity (Wildman–Crippen MR) is 91.4 cm³/mol. The Kier molecular flexibility index (Phi) is 5.50. The van der Waals surface area contributed by atoms with E-state index < -0.39 is 0 Å². The molecular weight excluding hydrogens is 312 g/mol. The predicted octanol–water partition coefficient (Wildman–Crippen LogP) is 4.60. The van der Waals surface area contributed by atoms with Crippen LogP contribution >= 0.6 is 15.9 Å². The van der Waals surface area contributed by atoms with E-state index in [4.69, 9.17) is 0 Å². The second-order valence-corrected chi connectivity index (χ2v) is 7.14. The van der Waals surface area contributed by atoms with Gasteiger partial charge in [0.1, 0.15) is 0 Å². The van der Waals surface area contributed by atoms with E-state index in [0.717, 1.165) is 11.8 Å². The van der Waals surface area contributed by atoms with E-state index in [1.54, 1.807) is 0 Å². The molecule has 1 N–H and O–H groups in total. The van der Waals surface area contributed by atoms with Crippen LogP contribution in [0.15, 0.2) is 22.7 Å². The van der Waals surface area contributed by atoms with E-state index in [-0.39, 0.29) is 0 Å². The summed E-state index contributed by atoms with van der Waals surface area (Å²) in [5.41, 5.74) is 2.68. The molecule has 1 aromatic carbocycles. The lowest BCUT2D eigenvalue weighted by atomic mass is 9.86. The topological polar surface area (TPSA) is 15.3 Å².